The average Bonchev–Trinajstić information content (AvgIpc) is 2.45. The summed E-state index contributed by atoms with van der Waals surface area (Å²) in [5, 5.41) is 3.30. The van der Waals surface area contributed by atoms with E-state index in [1.54, 1.807) is 39.1 Å². The number of anilines is 1. The van der Waals surface area contributed by atoms with Crippen molar-refractivity contribution in [1.29, 1.82) is 0 Å². The molecule has 0 bridgehead atoms. The molecule has 0 aliphatic carbocycles. The van der Waals surface area contributed by atoms with Crippen molar-refractivity contribution in [1.82, 2.24) is 4.98 Å². The topological polar surface area (TPSA) is 77.2 Å². The summed E-state index contributed by atoms with van der Waals surface area (Å²) in [5.41, 5.74) is 7.96. The fraction of sp³-hybridized carbons (Fsp3) is 0.294. The van der Waals surface area contributed by atoms with Crippen molar-refractivity contribution in [3.63, 3.8) is 0 Å². The molecule has 23 heavy (non-hydrogen) atoms. The molecule has 5 nitrogen and oxygen atoms in total. The molecule has 0 aliphatic rings. The van der Waals surface area contributed by atoms with E-state index in [1.165, 1.54) is 0 Å². The molecule has 0 aliphatic heterocycles. The molecule has 0 spiro atoms. The Morgan fingerprint density at radius 2 is 2.00 bits per heavy atom. The molecule has 2 aromatic rings. The van der Waals surface area contributed by atoms with Crippen LogP contribution in [0.15, 0.2) is 36.5 Å². The Hall–Kier alpha value is -2.11. The maximum atomic E-state index is 12.0. The van der Waals surface area contributed by atoms with E-state index in [9.17, 15) is 4.79 Å². The predicted octanol–water partition coefficient (Wildman–Crippen LogP) is 4.21. The van der Waals surface area contributed by atoms with Gasteiger partial charge in [-0.25, -0.2) is 4.79 Å². The Kier molecular flexibility index (Phi) is 5.23. The van der Waals surface area contributed by atoms with E-state index in [0.29, 0.717) is 22.0 Å². The second kappa shape index (κ2) is 6.98. The van der Waals surface area contributed by atoms with Crippen molar-refractivity contribution < 1.29 is 9.53 Å². The lowest BCUT2D eigenvalue weighted by molar-refractivity contribution is 0.0636. The van der Waals surface area contributed by atoms with Crippen LogP contribution < -0.4 is 11.1 Å². The van der Waals surface area contributed by atoms with Gasteiger partial charge in [0, 0.05) is 28.9 Å². The molecule has 3 N–H and O–H groups in total. The van der Waals surface area contributed by atoms with Crippen LogP contribution in [0.1, 0.15) is 26.3 Å². The van der Waals surface area contributed by atoms with Crippen LogP contribution >= 0.6 is 11.6 Å². The SMILES string of the molecule is CC(C)(C)OC(=O)Nc1ccnc(-c2ccccc2Cl)c1CN. The third-order valence-electron chi connectivity index (χ3n) is 3.02. The number of rotatable bonds is 3. The molecular weight excluding hydrogens is 314 g/mol. The minimum Gasteiger partial charge on any atom is -0.444 e. The molecule has 1 aromatic heterocycles. The number of carbonyl (C=O) groups is 1. The summed E-state index contributed by atoms with van der Waals surface area (Å²) in [6.45, 7) is 5.62. The smallest absolute Gasteiger partial charge is 0.412 e. The number of hydrogen-bond acceptors (Lipinski definition) is 4. The van der Waals surface area contributed by atoms with Gasteiger partial charge in [0.1, 0.15) is 5.60 Å². The molecule has 1 amide bonds. The zero-order chi connectivity index (χ0) is 17.0. The number of benzene rings is 1. The largest absolute Gasteiger partial charge is 0.444 e. The number of pyridine rings is 1. The van der Waals surface area contributed by atoms with Gasteiger partial charge in [-0.05, 0) is 32.9 Å². The van der Waals surface area contributed by atoms with Crippen LogP contribution in [0.3, 0.4) is 0 Å². The van der Waals surface area contributed by atoms with Crippen LogP contribution in [0, 0.1) is 0 Å². The van der Waals surface area contributed by atoms with Crippen LogP contribution in [-0.4, -0.2) is 16.7 Å². The molecule has 0 unspecified atom stereocenters. The van der Waals surface area contributed by atoms with Gasteiger partial charge in [0.25, 0.3) is 0 Å². The molecule has 2 rings (SSSR count). The van der Waals surface area contributed by atoms with E-state index in [-0.39, 0.29) is 6.54 Å². The van der Waals surface area contributed by atoms with Gasteiger partial charge in [-0.3, -0.25) is 10.3 Å². The van der Waals surface area contributed by atoms with E-state index in [2.05, 4.69) is 10.3 Å². The number of nitrogens with two attached hydrogens (primary N) is 1. The molecule has 122 valence electrons. The normalized spacial score (nSPS) is 11.2. The maximum Gasteiger partial charge on any atom is 0.412 e. The first-order valence-electron chi connectivity index (χ1n) is 7.24. The van der Waals surface area contributed by atoms with Gasteiger partial charge in [0.2, 0.25) is 0 Å². The lowest BCUT2D eigenvalue weighted by Crippen LogP contribution is -2.27. The number of halogens is 1. The summed E-state index contributed by atoms with van der Waals surface area (Å²) in [5.74, 6) is 0. The number of aromatic nitrogens is 1. The summed E-state index contributed by atoms with van der Waals surface area (Å²) in [6, 6.07) is 9.05. The van der Waals surface area contributed by atoms with Crippen LogP contribution in [0.2, 0.25) is 5.02 Å². The van der Waals surface area contributed by atoms with Crippen LogP contribution in [0.5, 0.6) is 0 Å². The number of carbonyl (C=O) groups excluding carboxylic acids is 1. The van der Waals surface area contributed by atoms with Crippen molar-refractivity contribution >= 4 is 23.4 Å². The van der Waals surface area contributed by atoms with Gasteiger partial charge in [0.05, 0.1) is 11.4 Å². The summed E-state index contributed by atoms with van der Waals surface area (Å²) in [7, 11) is 0. The zero-order valence-corrected chi connectivity index (χ0v) is 14.1. The lowest BCUT2D eigenvalue weighted by Gasteiger charge is -2.21. The second-order valence-electron chi connectivity index (χ2n) is 6.00. The Labute approximate surface area is 140 Å². The standard InChI is InChI=1S/C17H20ClN3O2/c1-17(2,3)23-16(22)21-14-8-9-20-15(12(14)10-19)11-6-4-5-7-13(11)18/h4-9H,10,19H2,1-3H3,(H,20,21,22). The Bertz CT molecular complexity index is 711. The van der Waals surface area contributed by atoms with E-state index in [4.69, 9.17) is 22.1 Å². The minimum atomic E-state index is -0.578. The van der Waals surface area contributed by atoms with Crippen LogP contribution in [0.25, 0.3) is 11.3 Å². The number of ether oxygens (including phenoxy) is 1. The lowest BCUT2D eigenvalue weighted by atomic mass is 10.0. The van der Waals surface area contributed by atoms with Crippen LogP contribution in [-0.2, 0) is 11.3 Å². The first kappa shape index (κ1) is 17.2. The first-order valence-corrected chi connectivity index (χ1v) is 7.62. The van der Waals surface area contributed by atoms with Crippen molar-refractivity contribution in [2.75, 3.05) is 5.32 Å². The zero-order valence-electron chi connectivity index (χ0n) is 13.4. The highest BCUT2D eigenvalue weighted by Crippen LogP contribution is 2.31. The van der Waals surface area contributed by atoms with Gasteiger partial charge in [-0.2, -0.15) is 0 Å². The van der Waals surface area contributed by atoms with E-state index in [0.717, 1.165) is 5.56 Å². The van der Waals surface area contributed by atoms with Gasteiger partial charge < -0.3 is 10.5 Å². The number of amides is 1. The summed E-state index contributed by atoms with van der Waals surface area (Å²) in [6.07, 6.45) is 1.06. The predicted molar refractivity (Wildman–Crippen MR) is 92.4 cm³/mol. The number of nitrogens with one attached hydrogen (secondary N) is 1. The first-order chi connectivity index (χ1) is 10.8. The fourth-order valence-electron chi connectivity index (χ4n) is 2.12. The summed E-state index contributed by atoms with van der Waals surface area (Å²) < 4.78 is 5.27. The molecule has 0 atom stereocenters. The van der Waals surface area contributed by atoms with Crippen molar-refractivity contribution in [3.05, 3.63) is 47.1 Å². The molecule has 0 radical (unpaired) electrons. The second-order valence-corrected chi connectivity index (χ2v) is 6.40. The maximum absolute atomic E-state index is 12.0. The highest BCUT2D eigenvalue weighted by molar-refractivity contribution is 6.33. The molecule has 0 saturated carbocycles. The van der Waals surface area contributed by atoms with E-state index in [1.807, 2.05) is 18.2 Å². The van der Waals surface area contributed by atoms with Crippen molar-refractivity contribution in [3.8, 4) is 11.3 Å². The monoisotopic (exact) mass is 333 g/mol. The van der Waals surface area contributed by atoms with E-state index >= 15 is 0 Å². The Balaban J connectivity index is 2.38. The molecule has 1 aromatic carbocycles. The Morgan fingerprint density at radius 1 is 1.30 bits per heavy atom. The van der Waals surface area contributed by atoms with E-state index < -0.39 is 11.7 Å². The van der Waals surface area contributed by atoms with Gasteiger partial charge >= 0.3 is 6.09 Å². The summed E-state index contributed by atoms with van der Waals surface area (Å²) in [4.78, 5) is 16.4. The highest BCUT2D eigenvalue weighted by Gasteiger charge is 2.19. The fourth-order valence-corrected chi connectivity index (χ4v) is 2.34. The quantitative estimate of drug-likeness (QED) is 0.882. The average molecular weight is 334 g/mol. The van der Waals surface area contributed by atoms with Crippen molar-refractivity contribution in [2.45, 2.75) is 32.9 Å². The van der Waals surface area contributed by atoms with Gasteiger partial charge in [0.15, 0.2) is 0 Å². The molecular formula is C17H20ClN3O2. The third kappa shape index (κ3) is 4.43. The van der Waals surface area contributed by atoms with Crippen molar-refractivity contribution in [2.24, 2.45) is 5.73 Å². The minimum absolute atomic E-state index is 0.208. The molecule has 0 fully saturated rings. The van der Waals surface area contributed by atoms with Crippen LogP contribution in [0.4, 0.5) is 10.5 Å². The Morgan fingerprint density at radius 3 is 2.61 bits per heavy atom. The summed E-state index contributed by atoms with van der Waals surface area (Å²) >= 11 is 6.24. The molecule has 6 heteroatoms. The number of hydrogen-bond donors (Lipinski definition) is 2. The third-order valence-corrected chi connectivity index (χ3v) is 3.35. The highest BCUT2D eigenvalue weighted by atomic mass is 35.5. The molecule has 1 heterocycles. The number of nitrogens with zero attached hydrogens (tertiary/aromatic N) is 1. The molecule has 0 saturated heterocycles. The van der Waals surface area contributed by atoms with Gasteiger partial charge in [-0.15, -0.1) is 0 Å². The van der Waals surface area contributed by atoms with Gasteiger partial charge in [-0.1, -0.05) is 29.8 Å².